The third-order valence-corrected chi connectivity index (χ3v) is 15.9. The number of ether oxygens (including phenoxy) is 1. The van der Waals surface area contributed by atoms with Crippen LogP contribution in [0.1, 0.15) is 130 Å². The molecule has 6 heteroatoms. The van der Waals surface area contributed by atoms with E-state index in [1.54, 1.807) is 62.8 Å². The standard InChI is InChI=1S/C78H73N4O.Pt/c1-51-43-54(33-38-61(51)53-31-35-57(36-32-53)76(5,6)7)62-26-20-27-63(55-34-40-67-68(44-55)78(10,11)42-41-77(67,8)9)74(62)81-50-80(70-29-17-18-30-71(70)81)58-23-19-24-59(46-58)83-60-37-39-65-64-25-15-16-28-69(64)82(72(65)47-60)73-45-56(48-75(2,3)4)66(49-79-73)52-21-13-12-14-22-52;/h12-40,43-45,49-50H,41-42,48H2,1-11H3;/q-3;/i1D3,31D,32D,33D,34D,35D,36D,38D,40D,43D,44D,48D2;. The molecule has 9 aromatic carbocycles. The maximum atomic E-state index is 10.3. The number of pyridine rings is 1. The third kappa shape index (κ3) is 10.5. The predicted molar refractivity (Wildman–Crippen MR) is 348 cm³/mol. The van der Waals surface area contributed by atoms with Gasteiger partial charge in [0.15, 0.2) is 0 Å². The molecule has 0 spiro atoms. The molecule has 0 fully saturated rings. The zero-order valence-corrected chi connectivity index (χ0v) is 51.1. The molecule has 0 saturated carbocycles. The number of benzene rings is 9. The Morgan fingerprint density at radius 2 is 1.25 bits per heavy atom. The second kappa shape index (κ2) is 21.6. The zero-order chi connectivity index (χ0) is 70.6. The molecular weight excluding hydrogens is 1200 g/mol. The molecule has 0 N–H and O–H groups in total. The van der Waals surface area contributed by atoms with Crippen LogP contribution < -0.4 is 14.5 Å². The zero-order valence-electron chi connectivity index (χ0n) is 63.8. The monoisotopic (exact) mass is 1290 g/mol. The van der Waals surface area contributed by atoms with E-state index in [0.717, 1.165) is 21.9 Å². The molecule has 84 heavy (non-hydrogen) atoms. The quantitative estimate of drug-likeness (QED) is 0.128. The first-order valence-corrected chi connectivity index (χ1v) is 28.3. The van der Waals surface area contributed by atoms with Crippen LogP contribution in [0, 0.1) is 31.1 Å². The molecule has 3 heterocycles. The van der Waals surface area contributed by atoms with Crippen molar-refractivity contribution in [3.63, 3.8) is 0 Å². The maximum absolute atomic E-state index is 10.3. The average Bonchev–Trinajstić information content (AvgIpc) is 1.73. The molecule has 1 aliphatic carbocycles. The van der Waals surface area contributed by atoms with E-state index in [-0.39, 0.29) is 72.7 Å². The van der Waals surface area contributed by atoms with Gasteiger partial charge in [0.2, 0.25) is 0 Å². The number of hydrogen-bond donors (Lipinski definition) is 0. The van der Waals surface area contributed by atoms with Crippen molar-refractivity contribution >= 4 is 44.6 Å². The van der Waals surface area contributed by atoms with Crippen LogP contribution in [0.5, 0.6) is 11.5 Å². The van der Waals surface area contributed by atoms with Crippen molar-refractivity contribution in [1.82, 2.24) is 9.55 Å². The van der Waals surface area contributed by atoms with Crippen LogP contribution in [0.3, 0.4) is 0 Å². The van der Waals surface area contributed by atoms with Gasteiger partial charge in [0.25, 0.3) is 0 Å². The van der Waals surface area contributed by atoms with Gasteiger partial charge in [-0.1, -0.05) is 214 Å². The molecule has 1 aliphatic heterocycles. The summed E-state index contributed by atoms with van der Waals surface area (Å²) in [6.07, 6.45) is 1.34. The summed E-state index contributed by atoms with van der Waals surface area (Å²) in [6.45, 7) is 17.5. The van der Waals surface area contributed by atoms with Gasteiger partial charge in [0, 0.05) is 84.9 Å². The van der Waals surface area contributed by atoms with Gasteiger partial charge in [-0.25, -0.2) is 4.98 Å². The number of para-hydroxylation sites is 4. The molecule has 11 aromatic rings. The van der Waals surface area contributed by atoms with Gasteiger partial charge < -0.3 is 19.1 Å². The predicted octanol–water partition coefficient (Wildman–Crippen LogP) is 21.2. The molecule has 2 aromatic heterocycles. The van der Waals surface area contributed by atoms with Crippen LogP contribution >= 0.6 is 0 Å². The van der Waals surface area contributed by atoms with Crippen molar-refractivity contribution in [2.75, 3.05) is 9.80 Å². The Hall–Kier alpha value is -7.98. The van der Waals surface area contributed by atoms with E-state index in [1.165, 1.54) is 0 Å². The van der Waals surface area contributed by atoms with Crippen LogP contribution in [-0.4, -0.2) is 9.55 Å². The Morgan fingerprint density at radius 3 is 1.98 bits per heavy atom. The topological polar surface area (TPSA) is 33.5 Å². The van der Waals surface area contributed by atoms with Crippen LogP contribution in [0.2, 0.25) is 0 Å². The van der Waals surface area contributed by atoms with E-state index in [0.29, 0.717) is 75.0 Å². The third-order valence-electron chi connectivity index (χ3n) is 15.9. The molecule has 0 bridgehead atoms. The summed E-state index contributed by atoms with van der Waals surface area (Å²) >= 11 is 0. The van der Waals surface area contributed by atoms with Gasteiger partial charge in [0.05, 0.1) is 13.7 Å². The van der Waals surface area contributed by atoms with Crippen molar-refractivity contribution in [3.8, 4) is 61.8 Å². The van der Waals surface area contributed by atoms with Crippen molar-refractivity contribution in [2.24, 2.45) is 5.41 Å². The second-order valence-corrected chi connectivity index (χ2v) is 25.1. The summed E-state index contributed by atoms with van der Waals surface area (Å²) in [5, 5.41) is 1.79. The Bertz CT molecular complexity index is 5100. The SMILES string of the molecule is [2H]c1c([2H])c(-c2c([2H])c([2H])c(C(C)(C)C)c([2H])c2[2H])c(C([2H])([2H])[2H])c([2H])c1-c1cccc(-c2c([2H])c([2H])c3c(c2[2H])C(C)(C)CCC3(C)C)c1N1[CH-]N(c2[c-]c(Oc3[c-]c4c(cc3)c3ccccc3n4-c3cc(C([2H])([2H])C(C)(C)C)c(-c4ccccc4)cn3)ccc2)c2ccccc21.[Pt]. The van der Waals surface area contributed by atoms with Gasteiger partial charge in [0.1, 0.15) is 5.82 Å². The average molecular weight is 1290 g/mol. The van der Waals surface area contributed by atoms with E-state index in [9.17, 15) is 13.7 Å². The smallest absolute Gasteiger partial charge is 0.135 e. The maximum Gasteiger partial charge on any atom is 0.135 e. The minimum absolute atomic E-state index is 0. The fourth-order valence-corrected chi connectivity index (χ4v) is 11.5. The first kappa shape index (κ1) is 41.1. The number of aromatic nitrogens is 2. The van der Waals surface area contributed by atoms with Crippen LogP contribution in [0.15, 0.2) is 200 Å². The van der Waals surface area contributed by atoms with E-state index in [2.05, 4.69) is 12.1 Å². The van der Waals surface area contributed by atoms with Gasteiger partial charge in [-0.3, -0.25) is 0 Å². The van der Waals surface area contributed by atoms with E-state index in [1.807, 2.05) is 167 Å². The van der Waals surface area contributed by atoms with Crippen LogP contribution in [0.25, 0.3) is 72.1 Å². The van der Waals surface area contributed by atoms with Crippen LogP contribution in [-0.2, 0) is 43.7 Å². The van der Waals surface area contributed by atoms with Gasteiger partial charge in [-0.15, -0.1) is 48.1 Å². The molecule has 0 saturated heterocycles. The number of fused-ring (bicyclic) bond motifs is 5. The number of nitrogens with zero attached hydrogens (tertiary/aromatic N) is 4. The molecule has 5 nitrogen and oxygen atoms in total. The van der Waals surface area contributed by atoms with E-state index < -0.39 is 93.9 Å². The van der Waals surface area contributed by atoms with Gasteiger partial charge >= 0.3 is 0 Å². The van der Waals surface area contributed by atoms with Gasteiger partial charge in [-0.05, 0) is 133 Å². The van der Waals surface area contributed by atoms with E-state index in [4.69, 9.17) is 16.6 Å². The summed E-state index contributed by atoms with van der Waals surface area (Å²) in [6, 6.07) is 43.4. The molecule has 13 rings (SSSR count). The first-order valence-electron chi connectivity index (χ1n) is 35.8. The number of anilines is 4. The summed E-state index contributed by atoms with van der Waals surface area (Å²) in [7, 11) is 0. The normalized spacial score (nSPS) is 17.4. The molecule has 424 valence electrons. The molecule has 0 amide bonds. The minimum Gasteiger partial charge on any atom is -0.509 e. The largest absolute Gasteiger partial charge is 0.509 e. The number of hydrogen-bond acceptors (Lipinski definition) is 4. The van der Waals surface area contributed by atoms with Gasteiger partial charge in [-0.2, -0.15) is 12.1 Å². The summed E-state index contributed by atoms with van der Waals surface area (Å²) < 4.78 is 152. The molecule has 2 aliphatic rings. The number of rotatable bonds is 10. The Labute approximate surface area is 533 Å². The fraction of sp³-hybridized carbons (Fsp3) is 0.231. The molecular formula is C78H73N4OPt-3. The Morgan fingerprint density at radius 1 is 0.607 bits per heavy atom. The van der Waals surface area contributed by atoms with Crippen molar-refractivity contribution < 1.29 is 46.4 Å². The van der Waals surface area contributed by atoms with Crippen LogP contribution in [0.4, 0.5) is 22.7 Å². The second-order valence-electron chi connectivity index (χ2n) is 25.1. The summed E-state index contributed by atoms with van der Waals surface area (Å²) in [5.41, 5.74) is 1.88. The van der Waals surface area contributed by atoms with Crippen molar-refractivity contribution in [1.29, 1.82) is 0 Å². The Kier molecular flexibility index (Phi) is 10.6. The van der Waals surface area contributed by atoms with E-state index >= 15 is 0 Å². The summed E-state index contributed by atoms with van der Waals surface area (Å²) in [5.74, 6) is 1.12. The fourth-order valence-electron chi connectivity index (χ4n) is 11.5. The first-order chi connectivity index (χ1) is 46.0. The molecule has 0 atom stereocenters. The van der Waals surface area contributed by atoms with Crippen molar-refractivity contribution in [3.05, 3.63) is 247 Å². The molecule has 0 unspecified atom stereocenters. The van der Waals surface area contributed by atoms with Crippen molar-refractivity contribution in [2.45, 2.75) is 112 Å². The summed E-state index contributed by atoms with van der Waals surface area (Å²) in [4.78, 5) is 8.66. The Balaban J connectivity index is 0.00000931. The molecule has 0 radical (unpaired) electrons. The minimum atomic E-state index is -3.23.